The Kier molecular flexibility index (Phi) is 4.90. The lowest BCUT2D eigenvalue weighted by Crippen LogP contribution is -2.66. The first kappa shape index (κ1) is 20.7. The van der Waals surface area contributed by atoms with Crippen LogP contribution in [-0.2, 0) is 10.5 Å². The number of pyridine rings is 1. The van der Waals surface area contributed by atoms with E-state index in [1.165, 1.54) is 6.07 Å². The molecule has 1 amide bonds. The topological polar surface area (TPSA) is 75.0 Å². The summed E-state index contributed by atoms with van der Waals surface area (Å²) in [5.74, 6) is -0.179. The zero-order valence-electron chi connectivity index (χ0n) is 17.5. The van der Waals surface area contributed by atoms with Crippen LogP contribution in [0.5, 0.6) is 5.75 Å². The van der Waals surface area contributed by atoms with Crippen LogP contribution in [0, 0.1) is 0 Å². The van der Waals surface area contributed by atoms with Crippen molar-refractivity contribution in [3.63, 3.8) is 0 Å². The van der Waals surface area contributed by atoms with Gasteiger partial charge in [-0.1, -0.05) is 41.9 Å². The van der Waals surface area contributed by atoms with Gasteiger partial charge in [0.15, 0.2) is 11.4 Å². The highest BCUT2D eigenvalue weighted by molar-refractivity contribution is 7.98. The summed E-state index contributed by atoms with van der Waals surface area (Å²) in [6.45, 7) is 1.05. The molecule has 0 bridgehead atoms. The molecule has 3 aliphatic heterocycles. The van der Waals surface area contributed by atoms with Crippen LogP contribution in [-0.4, -0.2) is 46.5 Å². The first-order chi connectivity index (χ1) is 16.1. The summed E-state index contributed by atoms with van der Waals surface area (Å²) in [5.41, 5.74) is 2.46. The van der Waals surface area contributed by atoms with Crippen molar-refractivity contribution in [1.82, 2.24) is 9.58 Å². The number of carbonyl (C=O) groups excluding carboxylic acids is 1. The van der Waals surface area contributed by atoms with E-state index in [1.54, 1.807) is 27.5 Å². The van der Waals surface area contributed by atoms with Crippen molar-refractivity contribution in [3.05, 3.63) is 92.4 Å². The fraction of sp³-hybridized carbons (Fsp3) is 0.250. The SMILES string of the molecule is O=C1c2c(O)c(=O)ccn2N([C@@H]2c3ccccc3SCc3cccc(Cl)c32)C2COCCN12. The molecule has 0 spiro atoms. The minimum absolute atomic E-state index is 0.0383. The molecule has 1 fully saturated rings. The van der Waals surface area contributed by atoms with Crippen LogP contribution in [0.15, 0.2) is 64.4 Å². The molecule has 2 atom stereocenters. The fourth-order valence-electron chi connectivity index (χ4n) is 4.97. The summed E-state index contributed by atoms with van der Waals surface area (Å²) >= 11 is 8.57. The third-order valence-corrected chi connectivity index (χ3v) is 7.92. The molecule has 3 aliphatic rings. The largest absolute Gasteiger partial charge is 0.502 e. The monoisotopic (exact) mass is 481 g/mol. The van der Waals surface area contributed by atoms with E-state index in [0.717, 1.165) is 27.3 Å². The number of nitrogens with zero attached hydrogens (tertiary/aromatic N) is 3. The number of fused-ring (bicyclic) bond motifs is 4. The smallest absolute Gasteiger partial charge is 0.278 e. The maximum absolute atomic E-state index is 13.4. The van der Waals surface area contributed by atoms with Gasteiger partial charge in [0.2, 0.25) is 5.43 Å². The molecule has 2 aromatic carbocycles. The van der Waals surface area contributed by atoms with E-state index in [1.807, 2.05) is 29.3 Å². The van der Waals surface area contributed by atoms with Crippen molar-refractivity contribution in [2.45, 2.75) is 22.9 Å². The number of hydrogen-bond donors (Lipinski definition) is 1. The summed E-state index contributed by atoms with van der Waals surface area (Å²) in [6, 6.07) is 14.9. The second-order valence-electron chi connectivity index (χ2n) is 8.20. The zero-order valence-corrected chi connectivity index (χ0v) is 19.1. The van der Waals surface area contributed by atoms with Crippen molar-refractivity contribution in [3.8, 4) is 5.75 Å². The molecule has 6 rings (SSSR count). The van der Waals surface area contributed by atoms with E-state index in [9.17, 15) is 14.7 Å². The Hall–Kier alpha value is -2.94. The van der Waals surface area contributed by atoms with Gasteiger partial charge in [-0.3, -0.25) is 19.3 Å². The number of rotatable bonds is 1. The molecule has 9 heteroatoms. The maximum Gasteiger partial charge on any atom is 0.278 e. The van der Waals surface area contributed by atoms with Gasteiger partial charge >= 0.3 is 0 Å². The number of aromatic nitrogens is 1. The number of amides is 1. The standard InChI is InChI=1S/C24H20ClN3O4S/c25-16-6-3-4-14-13-33-18-7-2-1-5-15(18)21(20(14)16)28-19-12-32-11-10-26(19)24(31)22-23(30)17(29)8-9-27(22)28/h1-9,19,21,30H,10-13H2/t19?,21-/m1/s1. The molecule has 0 radical (unpaired) electrons. The Morgan fingerprint density at radius 3 is 2.82 bits per heavy atom. The van der Waals surface area contributed by atoms with Crippen LogP contribution in [0.1, 0.15) is 33.2 Å². The molecular weight excluding hydrogens is 462 g/mol. The van der Waals surface area contributed by atoms with Gasteiger partial charge in [0.05, 0.1) is 13.2 Å². The van der Waals surface area contributed by atoms with Gasteiger partial charge in [0, 0.05) is 40.0 Å². The van der Waals surface area contributed by atoms with Gasteiger partial charge in [-0.25, -0.2) is 0 Å². The highest BCUT2D eigenvalue weighted by Gasteiger charge is 2.46. The third kappa shape index (κ3) is 3.08. The Balaban J connectivity index is 1.68. The van der Waals surface area contributed by atoms with E-state index >= 15 is 0 Å². The van der Waals surface area contributed by atoms with E-state index in [2.05, 4.69) is 18.2 Å². The fourth-order valence-corrected chi connectivity index (χ4v) is 6.35. The van der Waals surface area contributed by atoms with E-state index in [4.69, 9.17) is 16.3 Å². The van der Waals surface area contributed by atoms with Crippen LogP contribution >= 0.6 is 23.4 Å². The highest BCUT2D eigenvalue weighted by atomic mass is 35.5. The average Bonchev–Trinajstić information content (AvgIpc) is 3.00. The van der Waals surface area contributed by atoms with Gasteiger partial charge in [-0.2, -0.15) is 0 Å². The van der Waals surface area contributed by atoms with Crippen molar-refractivity contribution < 1.29 is 14.6 Å². The molecule has 1 saturated heterocycles. The molecular formula is C24H20ClN3O4S. The summed E-state index contributed by atoms with van der Waals surface area (Å²) < 4.78 is 7.41. The van der Waals surface area contributed by atoms with Crippen LogP contribution < -0.4 is 10.4 Å². The van der Waals surface area contributed by atoms with Crippen molar-refractivity contribution in [1.29, 1.82) is 0 Å². The van der Waals surface area contributed by atoms with Crippen LogP contribution in [0.4, 0.5) is 0 Å². The number of morpholine rings is 1. The number of ether oxygens (including phenoxy) is 1. The minimum Gasteiger partial charge on any atom is -0.502 e. The van der Waals surface area contributed by atoms with E-state index in [0.29, 0.717) is 24.8 Å². The molecule has 4 heterocycles. The second kappa shape index (κ2) is 7.83. The Bertz CT molecular complexity index is 1340. The van der Waals surface area contributed by atoms with Crippen LogP contribution in [0.2, 0.25) is 5.02 Å². The number of carbonyl (C=O) groups is 1. The summed E-state index contributed by atoms with van der Waals surface area (Å²) in [7, 11) is 0. The predicted octanol–water partition coefficient (Wildman–Crippen LogP) is 3.35. The Morgan fingerprint density at radius 1 is 1.09 bits per heavy atom. The molecule has 0 saturated carbocycles. The average molecular weight is 482 g/mol. The molecule has 1 aromatic heterocycles. The van der Waals surface area contributed by atoms with Crippen LogP contribution in [0.3, 0.4) is 0 Å². The van der Waals surface area contributed by atoms with Crippen molar-refractivity contribution in [2.75, 3.05) is 24.8 Å². The normalized spacial score (nSPS) is 21.5. The Labute approximate surface area is 199 Å². The lowest BCUT2D eigenvalue weighted by molar-refractivity contribution is -0.0197. The number of thioether (sulfide) groups is 1. The molecule has 168 valence electrons. The molecule has 0 aliphatic carbocycles. The maximum atomic E-state index is 13.4. The lowest BCUT2D eigenvalue weighted by Gasteiger charge is -2.51. The van der Waals surface area contributed by atoms with E-state index < -0.39 is 17.3 Å². The van der Waals surface area contributed by atoms with E-state index in [-0.39, 0.29) is 17.6 Å². The van der Waals surface area contributed by atoms with Crippen LogP contribution in [0.25, 0.3) is 0 Å². The molecule has 3 aromatic rings. The molecule has 1 N–H and O–H groups in total. The molecule has 7 nitrogen and oxygen atoms in total. The predicted molar refractivity (Wildman–Crippen MR) is 126 cm³/mol. The Morgan fingerprint density at radius 2 is 1.94 bits per heavy atom. The lowest BCUT2D eigenvalue weighted by atomic mass is 9.93. The van der Waals surface area contributed by atoms with Gasteiger partial charge in [-0.15, -0.1) is 11.8 Å². The number of halogens is 1. The zero-order chi connectivity index (χ0) is 22.7. The van der Waals surface area contributed by atoms with Gasteiger partial charge in [0.25, 0.3) is 5.91 Å². The highest BCUT2D eigenvalue weighted by Crippen LogP contribution is 2.46. The first-order valence-electron chi connectivity index (χ1n) is 10.7. The third-order valence-electron chi connectivity index (χ3n) is 6.45. The minimum atomic E-state index is -0.587. The number of hydrogen-bond acceptors (Lipinski definition) is 6. The van der Waals surface area contributed by atoms with Gasteiger partial charge < -0.3 is 14.7 Å². The van der Waals surface area contributed by atoms with Gasteiger partial charge in [0.1, 0.15) is 12.2 Å². The van der Waals surface area contributed by atoms with Crippen molar-refractivity contribution in [2.24, 2.45) is 0 Å². The first-order valence-corrected chi connectivity index (χ1v) is 12.0. The summed E-state index contributed by atoms with van der Waals surface area (Å²) in [6.07, 6.45) is 1.12. The number of benzene rings is 2. The molecule has 33 heavy (non-hydrogen) atoms. The van der Waals surface area contributed by atoms with Crippen molar-refractivity contribution >= 4 is 29.3 Å². The second-order valence-corrected chi connectivity index (χ2v) is 9.62. The molecule has 1 unspecified atom stereocenters. The number of aromatic hydroxyl groups is 1. The quantitative estimate of drug-likeness (QED) is 0.574. The summed E-state index contributed by atoms with van der Waals surface area (Å²) in [4.78, 5) is 28.4. The summed E-state index contributed by atoms with van der Waals surface area (Å²) in [5, 5.41) is 13.3. The van der Waals surface area contributed by atoms with Gasteiger partial charge in [-0.05, 0) is 23.3 Å².